The lowest BCUT2D eigenvalue weighted by Gasteiger charge is -2.20. The minimum Gasteiger partial charge on any atom is -0.467 e. The minimum absolute atomic E-state index is 0.0241. The Hall–Kier alpha value is -3.11. The Bertz CT molecular complexity index is 1040. The lowest BCUT2D eigenvalue weighted by atomic mass is 10.1. The van der Waals surface area contributed by atoms with Gasteiger partial charge in [-0.05, 0) is 25.0 Å². The Labute approximate surface area is 188 Å². The Morgan fingerprint density at radius 1 is 1.19 bits per heavy atom. The first-order valence-corrected chi connectivity index (χ1v) is 11.2. The molecule has 0 aliphatic carbocycles. The number of carbonyl (C=O) groups excluding carboxylic acids is 2. The number of hydrogen-bond acceptors (Lipinski definition) is 8. The molecule has 4 rings (SSSR count). The Morgan fingerprint density at radius 2 is 1.97 bits per heavy atom. The molecule has 0 atom stereocenters. The third-order valence-electron chi connectivity index (χ3n) is 5.26. The molecule has 1 saturated heterocycles. The van der Waals surface area contributed by atoms with E-state index >= 15 is 0 Å². The normalized spacial score (nSPS) is 15.1. The Morgan fingerprint density at radius 3 is 2.75 bits per heavy atom. The fraction of sp³-hybridized carbons (Fsp3) is 0.364. The van der Waals surface area contributed by atoms with E-state index in [-0.39, 0.29) is 37.4 Å². The first-order valence-electron chi connectivity index (χ1n) is 10.2. The van der Waals surface area contributed by atoms with E-state index in [1.165, 1.54) is 23.9 Å². The maximum atomic E-state index is 12.8. The fourth-order valence-corrected chi connectivity index (χ4v) is 4.62. The first-order chi connectivity index (χ1) is 15.5. The minimum atomic E-state index is -0.575. The molecule has 0 radical (unpaired) electrons. The third-order valence-corrected chi connectivity index (χ3v) is 6.32. The van der Waals surface area contributed by atoms with Gasteiger partial charge in [0, 0.05) is 41.2 Å². The van der Waals surface area contributed by atoms with E-state index in [1.807, 2.05) is 4.90 Å². The SMILES string of the molecule is O=C(OCc1cc([N+](=O)[O-])cc2c1OCOC2)c1ccccc1SCC(=O)N1CCCC1. The zero-order valence-electron chi connectivity index (χ0n) is 17.3. The van der Waals surface area contributed by atoms with Gasteiger partial charge in [-0.15, -0.1) is 11.8 Å². The van der Waals surface area contributed by atoms with Crippen LogP contribution in [0, 0.1) is 10.1 Å². The standard InChI is InChI=1S/C22H22N2O7S/c25-20(23-7-3-4-8-23)13-32-19-6-2-1-5-18(19)22(26)30-12-16-10-17(24(27)28)9-15-11-29-14-31-21(15)16/h1-2,5-6,9-10H,3-4,7-8,11-14H2. The summed E-state index contributed by atoms with van der Waals surface area (Å²) in [7, 11) is 0. The van der Waals surface area contributed by atoms with E-state index in [0.717, 1.165) is 25.9 Å². The highest BCUT2D eigenvalue weighted by Crippen LogP contribution is 2.33. The highest BCUT2D eigenvalue weighted by Gasteiger charge is 2.23. The van der Waals surface area contributed by atoms with Crippen LogP contribution in [0.2, 0.25) is 0 Å². The van der Waals surface area contributed by atoms with E-state index in [9.17, 15) is 19.7 Å². The van der Waals surface area contributed by atoms with Crippen molar-refractivity contribution in [3.05, 3.63) is 63.2 Å². The molecule has 2 aromatic rings. The number of amides is 1. The third kappa shape index (κ3) is 5.03. The average Bonchev–Trinajstić information content (AvgIpc) is 3.36. The van der Waals surface area contributed by atoms with Crippen LogP contribution in [0.4, 0.5) is 5.69 Å². The van der Waals surface area contributed by atoms with Crippen LogP contribution in [0.3, 0.4) is 0 Å². The van der Waals surface area contributed by atoms with E-state index in [2.05, 4.69) is 0 Å². The summed E-state index contributed by atoms with van der Waals surface area (Å²) >= 11 is 1.30. The average molecular weight is 458 g/mol. The monoisotopic (exact) mass is 458 g/mol. The number of thioether (sulfide) groups is 1. The second-order valence-corrected chi connectivity index (χ2v) is 8.43. The molecular formula is C22H22N2O7S. The van der Waals surface area contributed by atoms with Gasteiger partial charge < -0.3 is 19.1 Å². The molecule has 1 fully saturated rings. The number of esters is 1. The van der Waals surface area contributed by atoms with Crippen LogP contribution in [0.25, 0.3) is 0 Å². The number of nitrogens with zero attached hydrogens (tertiary/aromatic N) is 2. The van der Waals surface area contributed by atoms with Gasteiger partial charge in [0.2, 0.25) is 5.91 Å². The summed E-state index contributed by atoms with van der Waals surface area (Å²) in [4.78, 5) is 38.4. The number of hydrogen-bond donors (Lipinski definition) is 0. The molecule has 9 nitrogen and oxygen atoms in total. The van der Waals surface area contributed by atoms with Crippen molar-refractivity contribution in [3.63, 3.8) is 0 Å². The largest absolute Gasteiger partial charge is 0.467 e. The van der Waals surface area contributed by atoms with Gasteiger partial charge in [0.25, 0.3) is 5.69 Å². The van der Waals surface area contributed by atoms with Crippen molar-refractivity contribution in [1.29, 1.82) is 0 Å². The molecule has 0 bridgehead atoms. The molecule has 1 amide bonds. The van der Waals surface area contributed by atoms with Crippen LogP contribution in [0.1, 0.15) is 34.3 Å². The first kappa shape index (κ1) is 22.1. The van der Waals surface area contributed by atoms with Crippen molar-refractivity contribution in [2.75, 3.05) is 25.6 Å². The number of likely N-dealkylation sites (tertiary alicyclic amines) is 1. The number of rotatable bonds is 7. The zero-order chi connectivity index (χ0) is 22.5. The second-order valence-electron chi connectivity index (χ2n) is 7.41. The van der Waals surface area contributed by atoms with Crippen molar-refractivity contribution >= 4 is 29.3 Å². The summed E-state index contributed by atoms with van der Waals surface area (Å²) in [5.41, 5.74) is 1.16. The van der Waals surface area contributed by atoms with Gasteiger partial charge in [0.15, 0.2) is 6.79 Å². The molecule has 168 valence electrons. The molecule has 0 aromatic heterocycles. The molecule has 32 heavy (non-hydrogen) atoms. The number of carbonyl (C=O) groups is 2. The fourth-order valence-electron chi connectivity index (χ4n) is 3.67. The molecule has 0 saturated carbocycles. The maximum absolute atomic E-state index is 12.8. The number of non-ortho nitro benzene ring substituents is 1. The van der Waals surface area contributed by atoms with Crippen molar-refractivity contribution in [2.45, 2.75) is 31.0 Å². The van der Waals surface area contributed by atoms with Crippen molar-refractivity contribution in [3.8, 4) is 5.75 Å². The van der Waals surface area contributed by atoms with E-state index in [1.54, 1.807) is 24.3 Å². The molecule has 0 spiro atoms. The van der Waals surface area contributed by atoms with Gasteiger partial charge in [0.1, 0.15) is 12.4 Å². The second kappa shape index (κ2) is 10.0. The van der Waals surface area contributed by atoms with E-state index in [4.69, 9.17) is 14.2 Å². The van der Waals surface area contributed by atoms with Crippen molar-refractivity contribution in [1.82, 2.24) is 4.90 Å². The molecule has 2 heterocycles. The molecule has 0 unspecified atom stereocenters. The van der Waals surface area contributed by atoms with Crippen molar-refractivity contribution < 1.29 is 28.7 Å². The van der Waals surface area contributed by atoms with Crippen LogP contribution in [-0.4, -0.2) is 47.3 Å². The molecule has 10 heteroatoms. The number of ether oxygens (including phenoxy) is 3. The molecule has 2 aliphatic rings. The highest BCUT2D eigenvalue weighted by atomic mass is 32.2. The Balaban J connectivity index is 1.45. The summed E-state index contributed by atoms with van der Waals surface area (Å²) < 4.78 is 16.1. The number of fused-ring (bicyclic) bond motifs is 1. The van der Waals surface area contributed by atoms with Crippen LogP contribution >= 0.6 is 11.8 Å². The highest BCUT2D eigenvalue weighted by molar-refractivity contribution is 8.00. The lowest BCUT2D eigenvalue weighted by molar-refractivity contribution is -0.385. The number of benzene rings is 2. The molecule has 2 aromatic carbocycles. The van der Waals surface area contributed by atoms with Crippen molar-refractivity contribution in [2.24, 2.45) is 0 Å². The zero-order valence-corrected chi connectivity index (χ0v) is 18.1. The summed E-state index contributed by atoms with van der Waals surface area (Å²) in [6.07, 6.45) is 2.05. The molecular weight excluding hydrogens is 436 g/mol. The van der Waals surface area contributed by atoms with Gasteiger partial charge in [-0.3, -0.25) is 14.9 Å². The van der Waals surface area contributed by atoms with Gasteiger partial charge >= 0.3 is 5.97 Å². The van der Waals surface area contributed by atoms with Gasteiger partial charge in [-0.2, -0.15) is 0 Å². The number of nitro groups is 1. The smallest absolute Gasteiger partial charge is 0.339 e. The summed E-state index contributed by atoms with van der Waals surface area (Å²) in [6, 6.07) is 9.66. The van der Waals surface area contributed by atoms with Crippen LogP contribution in [0.5, 0.6) is 5.75 Å². The van der Waals surface area contributed by atoms with Crippen LogP contribution in [0.15, 0.2) is 41.3 Å². The van der Waals surface area contributed by atoms with E-state index < -0.39 is 10.9 Å². The molecule has 0 N–H and O–H groups in total. The number of nitro benzene ring substituents is 1. The van der Waals surface area contributed by atoms with Gasteiger partial charge in [-0.1, -0.05) is 12.1 Å². The topological polar surface area (TPSA) is 108 Å². The summed E-state index contributed by atoms with van der Waals surface area (Å²) in [6.45, 7) is 1.58. The van der Waals surface area contributed by atoms with Crippen LogP contribution in [-0.2, 0) is 27.5 Å². The summed E-state index contributed by atoms with van der Waals surface area (Å²) in [5, 5.41) is 11.2. The maximum Gasteiger partial charge on any atom is 0.339 e. The van der Waals surface area contributed by atoms with Gasteiger partial charge in [0.05, 0.1) is 22.8 Å². The van der Waals surface area contributed by atoms with E-state index in [0.29, 0.717) is 27.3 Å². The Kier molecular flexibility index (Phi) is 6.91. The lowest BCUT2D eigenvalue weighted by Crippen LogP contribution is -2.29. The summed E-state index contributed by atoms with van der Waals surface area (Å²) in [5.74, 6) is 0.164. The quantitative estimate of drug-likeness (QED) is 0.268. The predicted octanol–water partition coefficient (Wildman–Crippen LogP) is 3.53. The van der Waals surface area contributed by atoms with Crippen LogP contribution < -0.4 is 4.74 Å². The van der Waals surface area contributed by atoms with Gasteiger partial charge in [-0.25, -0.2) is 4.79 Å². The predicted molar refractivity (Wildman–Crippen MR) is 115 cm³/mol. The molecule has 2 aliphatic heterocycles.